The lowest BCUT2D eigenvalue weighted by Crippen LogP contribution is -2.38. The molecule has 0 aliphatic heterocycles. The number of fused-ring (bicyclic) bond motifs is 1. The molecule has 0 saturated heterocycles. The van der Waals surface area contributed by atoms with Crippen LogP contribution in [0.2, 0.25) is 0 Å². The number of benzene rings is 2. The molecule has 1 amide bonds. The van der Waals surface area contributed by atoms with E-state index in [1.807, 2.05) is 26.0 Å². The van der Waals surface area contributed by atoms with Gasteiger partial charge in [0, 0.05) is 18.7 Å². The van der Waals surface area contributed by atoms with Crippen LogP contribution in [-0.4, -0.2) is 49.4 Å². The van der Waals surface area contributed by atoms with Gasteiger partial charge in [-0.15, -0.1) is 0 Å². The number of esters is 1. The molecule has 1 saturated carbocycles. The van der Waals surface area contributed by atoms with E-state index in [0.29, 0.717) is 4.80 Å². The van der Waals surface area contributed by atoms with E-state index in [2.05, 4.69) is 4.99 Å². The summed E-state index contributed by atoms with van der Waals surface area (Å²) in [6.07, 6.45) is 4.94. The van der Waals surface area contributed by atoms with Crippen molar-refractivity contribution in [2.45, 2.75) is 63.4 Å². The summed E-state index contributed by atoms with van der Waals surface area (Å²) in [5, 5.41) is 0. The molecular weight excluding hydrogens is 498 g/mol. The van der Waals surface area contributed by atoms with E-state index in [0.717, 1.165) is 53.4 Å². The number of thiazole rings is 1. The van der Waals surface area contributed by atoms with E-state index >= 15 is 0 Å². The van der Waals surface area contributed by atoms with Gasteiger partial charge in [-0.3, -0.25) is 9.59 Å². The van der Waals surface area contributed by atoms with Crippen LogP contribution in [0.25, 0.3) is 10.2 Å². The number of methoxy groups -OCH3 is 1. The van der Waals surface area contributed by atoms with Crippen molar-refractivity contribution in [2.75, 3.05) is 14.2 Å². The number of hydrogen-bond acceptors (Lipinski definition) is 6. The molecule has 1 aliphatic rings. The van der Waals surface area contributed by atoms with Crippen molar-refractivity contribution >= 4 is 43.5 Å². The molecule has 0 radical (unpaired) electrons. The summed E-state index contributed by atoms with van der Waals surface area (Å²) in [6, 6.07) is 9.88. The molecule has 3 aromatic rings. The Balaban J connectivity index is 1.66. The minimum absolute atomic E-state index is 0.00497. The third-order valence-electron chi connectivity index (χ3n) is 6.69. The largest absolute Gasteiger partial charge is 0.468 e. The second-order valence-electron chi connectivity index (χ2n) is 9.23. The summed E-state index contributed by atoms with van der Waals surface area (Å²) >= 11 is 1.33. The number of carbonyl (C=O) groups is 2. The van der Waals surface area contributed by atoms with Crippen LogP contribution in [0.1, 0.15) is 53.6 Å². The molecule has 10 heteroatoms. The van der Waals surface area contributed by atoms with Crippen LogP contribution < -0.4 is 4.80 Å². The lowest BCUT2D eigenvalue weighted by Gasteiger charge is -2.30. The number of hydrogen-bond donors (Lipinski definition) is 0. The molecule has 1 aliphatic carbocycles. The third-order valence-corrected chi connectivity index (χ3v) is 9.85. The van der Waals surface area contributed by atoms with Crippen LogP contribution >= 0.6 is 11.3 Å². The Hall–Kier alpha value is -2.82. The van der Waals surface area contributed by atoms with Gasteiger partial charge >= 0.3 is 5.97 Å². The lowest BCUT2D eigenvalue weighted by atomic mass is 9.96. The first kappa shape index (κ1) is 26.2. The number of amides is 1. The first-order chi connectivity index (χ1) is 17.1. The summed E-state index contributed by atoms with van der Waals surface area (Å²) in [4.78, 5) is 29.9. The minimum atomic E-state index is -3.65. The van der Waals surface area contributed by atoms with Gasteiger partial charge in [0.25, 0.3) is 5.91 Å². The van der Waals surface area contributed by atoms with Gasteiger partial charge in [0.1, 0.15) is 6.54 Å². The molecule has 0 bridgehead atoms. The number of sulfonamides is 1. The van der Waals surface area contributed by atoms with Crippen molar-refractivity contribution in [1.82, 2.24) is 8.87 Å². The zero-order valence-corrected chi connectivity index (χ0v) is 22.6. The van der Waals surface area contributed by atoms with E-state index in [4.69, 9.17) is 4.74 Å². The fourth-order valence-electron chi connectivity index (χ4n) is 4.67. The zero-order valence-electron chi connectivity index (χ0n) is 21.0. The molecule has 0 unspecified atom stereocenters. The summed E-state index contributed by atoms with van der Waals surface area (Å²) in [5.74, 6) is -0.960. The second kappa shape index (κ2) is 10.7. The highest BCUT2D eigenvalue weighted by Gasteiger charge is 2.29. The molecule has 192 valence electrons. The Kier molecular flexibility index (Phi) is 7.77. The van der Waals surface area contributed by atoms with Gasteiger partial charge in [-0.1, -0.05) is 36.7 Å². The van der Waals surface area contributed by atoms with E-state index < -0.39 is 21.9 Å². The van der Waals surface area contributed by atoms with E-state index in [9.17, 15) is 18.0 Å². The van der Waals surface area contributed by atoms with Gasteiger partial charge in [-0.05, 0) is 68.1 Å². The molecule has 4 rings (SSSR count). The van der Waals surface area contributed by atoms with Crippen molar-refractivity contribution in [3.8, 4) is 0 Å². The number of aromatic nitrogens is 1. The van der Waals surface area contributed by atoms with Gasteiger partial charge in [-0.2, -0.15) is 9.30 Å². The topological polar surface area (TPSA) is 98.0 Å². The fraction of sp³-hybridized carbons (Fsp3) is 0.423. The molecule has 0 N–H and O–H groups in total. The highest BCUT2D eigenvalue weighted by Crippen LogP contribution is 2.27. The van der Waals surface area contributed by atoms with E-state index in [-0.39, 0.29) is 23.0 Å². The molecule has 36 heavy (non-hydrogen) atoms. The van der Waals surface area contributed by atoms with Gasteiger partial charge < -0.3 is 9.30 Å². The molecule has 8 nitrogen and oxygen atoms in total. The molecular formula is C26H31N3O5S2. The Morgan fingerprint density at radius 2 is 1.78 bits per heavy atom. The monoisotopic (exact) mass is 529 g/mol. The molecule has 1 heterocycles. The quantitative estimate of drug-likeness (QED) is 0.446. The van der Waals surface area contributed by atoms with Crippen LogP contribution in [0.3, 0.4) is 0 Å². The maximum atomic E-state index is 13.1. The highest BCUT2D eigenvalue weighted by molar-refractivity contribution is 7.89. The third kappa shape index (κ3) is 5.30. The number of aryl methyl sites for hydroxylation is 2. The van der Waals surface area contributed by atoms with Crippen LogP contribution in [0.15, 0.2) is 46.3 Å². The van der Waals surface area contributed by atoms with E-state index in [1.165, 1.54) is 47.0 Å². The van der Waals surface area contributed by atoms with Crippen molar-refractivity contribution < 1.29 is 22.7 Å². The van der Waals surface area contributed by atoms with Crippen molar-refractivity contribution in [3.63, 3.8) is 0 Å². The van der Waals surface area contributed by atoms with Gasteiger partial charge in [0.05, 0.1) is 22.2 Å². The van der Waals surface area contributed by atoms with E-state index in [1.54, 1.807) is 11.6 Å². The zero-order chi connectivity index (χ0) is 26.0. The molecule has 2 aromatic carbocycles. The lowest BCUT2D eigenvalue weighted by molar-refractivity contribution is -0.141. The standard InChI is InChI=1S/C26H31N3O5S2/c1-17-14-18(2)24-22(15-17)29(16-23(30)34-4)26(35-24)27-25(31)19-10-12-21(13-11-19)36(32,33)28(3)20-8-6-5-7-9-20/h10-15,20H,5-9,16H2,1-4H3. The average molecular weight is 530 g/mol. The maximum Gasteiger partial charge on any atom is 0.325 e. The van der Waals surface area contributed by atoms with Gasteiger partial charge in [-0.25, -0.2) is 8.42 Å². The maximum absolute atomic E-state index is 13.1. The van der Waals surface area contributed by atoms with Crippen molar-refractivity contribution in [1.29, 1.82) is 0 Å². The molecule has 1 aromatic heterocycles. The predicted octanol–water partition coefficient (Wildman–Crippen LogP) is 4.19. The number of nitrogens with zero attached hydrogens (tertiary/aromatic N) is 3. The number of rotatable bonds is 6. The minimum Gasteiger partial charge on any atom is -0.468 e. The summed E-state index contributed by atoms with van der Waals surface area (Å²) < 4.78 is 35.1. The van der Waals surface area contributed by atoms with Crippen LogP contribution in [0.4, 0.5) is 0 Å². The van der Waals surface area contributed by atoms with Crippen LogP contribution in [-0.2, 0) is 26.1 Å². The SMILES string of the molecule is COC(=O)Cn1c(=NC(=O)c2ccc(S(=O)(=O)N(C)C3CCCCC3)cc2)sc2c(C)cc(C)cc21. The first-order valence-corrected chi connectivity index (χ1v) is 14.2. The van der Waals surface area contributed by atoms with Gasteiger partial charge in [0.2, 0.25) is 10.0 Å². The normalized spacial score (nSPS) is 15.5. The number of carbonyl (C=O) groups excluding carboxylic acids is 2. The smallest absolute Gasteiger partial charge is 0.325 e. The summed E-state index contributed by atoms with van der Waals surface area (Å²) in [6.45, 7) is 3.87. The molecule has 1 fully saturated rings. The Morgan fingerprint density at radius 3 is 2.42 bits per heavy atom. The molecule has 0 atom stereocenters. The highest BCUT2D eigenvalue weighted by atomic mass is 32.2. The van der Waals surface area contributed by atoms with Crippen molar-refractivity contribution in [3.05, 3.63) is 57.9 Å². The summed E-state index contributed by atoms with van der Waals surface area (Å²) in [5.41, 5.74) is 3.13. The second-order valence-corrected chi connectivity index (χ2v) is 12.2. The first-order valence-electron chi connectivity index (χ1n) is 12.0. The average Bonchev–Trinajstić information content (AvgIpc) is 3.20. The van der Waals surface area contributed by atoms with Gasteiger partial charge in [0.15, 0.2) is 4.80 Å². The molecule has 0 spiro atoms. The van der Waals surface area contributed by atoms with Crippen LogP contribution in [0, 0.1) is 13.8 Å². The Morgan fingerprint density at radius 1 is 1.11 bits per heavy atom. The van der Waals surface area contributed by atoms with Crippen LogP contribution in [0.5, 0.6) is 0 Å². The Labute approximate surface area is 215 Å². The fourth-order valence-corrected chi connectivity index (χ4v) is 7.17. The summed E-state index contributed by atoms with van der Waals surface area (Å²) in [7, 11) is -0.705. The Bertz CT molecular complexity index is 1460. The van der Waals surface area contributed by atoms with Crippen molar-refractivity contribution in [2.24, 2.45) is 4.99 Å². The number of ether oxygens (including phenoxy) is 1. The predicted molar refractivity (Wildman–Crippen MR) is 139 cm³/mol.